The number of hydrogen-bond acceptors (Lipinski definition) is 4. The number of anilines is 2. The molecule has 0 aliphatic carbocycles. The molecule has 4 nitrogen and oxygen atoms in total. The van der Waals surface area contributed by atoms with E-state index in [0.717, 1.165) is 21.7 Å². The number of benzene rings is 2. The molecule has 0 saturated carbocycles. The predicted octanol–water partition coefficient (Wildman–Crippen LogP) is 6.36. The predicted molar refractivity (Wildman–Crippen MR) is 122 cm³/mol. The van der Waals surface area contributed by atoms with Crippen molar-refractivity contribution in [3.8, 4) is 11.1 Å². The Morgan fingerprint density at radius 3 is 2.57 bits per heavy atom. The van der Waals surface area contributed by atoms with Gasteiger partial charge in [-0.3, -0.25) is 0 Å². The fourth-order valence-electron chi connectivity index (χ4n) is 2.81. The lowest BCUT2D eigenvalue weighted by Crippen LogP contribution is -2.20. The summed E-state index contributed by atoms with van der Waals surface area (Å²) >= 11 is 12.9. The Morgan fingerprint density at radius 1 is 1.14 bits per heavy atom. The van der Waals surface area contributed by atoms with Gasteiger partial charge in [-0.2, -0.15) is 0 Å². The number of halogens is 1. The van der Waals surface area contributed by atoms with Crippen molar-refractivity contribution in [1.29, 1.82) is 0 Å². The second-order valence-electron chi connectivity index (χ2n) is 5.91. The summed E-state index contributed by atoms with van der Waals surface area (Å²) in [5.74, 6) is -0.376. The van der Waals surface area contributed by atoms with E-state index >= 15 is 0 Å². The first kappa shape index (κ1) is 20.3. The number of carbonyl (C=O) groups excluding carboxylic acids is 1. The smallest absolute Gasteiger partial charge is 0.341 e. The number of aryl methyl sites for hydroxylation is 1. The summed E-state index contributed by atoms with van der Waals surface area (Å²) < 4.78 is 5.31. The van der Waals surface area contributed by atoms with Gasteiger partial charge in [-0.25, -0.2) is 4.79 Å². The van der Waals surface area contributed by atoms with Crippen molar-refractivity contribution in [3.05, 3.63) is 70.1 Å². The van der Waals surface area contributed by atoms with Gasteiger partial charge in [0.25, 0.3) is 0 Å². The minimum absolute atomic E-state index is 0.298. The molecule has 3 rings (SSSR count). The number of esters is 1. The van der Waals surface area contributed by atoms with Crippen molar-refractivity contribution in [2.75, 3.05) is 17.2 Å². The van der Waals surface area contributed by atoms with Gasteiger partial charge in [0.2, 0.25) is 0 Å². The molecule has 0 aliphatic heterocycles. The van der Waals surface area contributed by atoms with Crippen molar-refractivity contribution < 1.29 is 9.53 Å². The molecule has 0 saturated heterocycles. The molecule has 3 aromatic rings. The summed E-state index contributed by atoms with van der Waals surface area (Å²) in [6.45, 7) is 4.07. The largest absolute Gasteiger partial charge is 0.462 e. The van der Waals surface area contributed by atoms with E-state index < -0.39 is 0 Å². The molecule has 0 amide bonds. The highest BCUT2D eigenvalue weighted by atomic mass is 35.5. The molecule has 28 heavy (non-hydrogen) atoms. The minimum atomic E-state index is -0.376. The van der Waals surface area contributed by atoms with E-state index in [-0.39, 0.29) is 5.97 Å². The quantitative estimate of drug-likeness (QED) is 0.364. The fourth-order valence-corrected chi connectivity index (χ4v) is 4.36. The van der Waals surface area contributed by atoms with Crippen LogP contribution < -0.4 is 10.6 Å². The van der Waals surface area contributed by atoms with Gasteiger partial charge in [0, 0.05) is 21.2 Å². The van der Waals surface area contributed by atoms with Gasteiger partial charge < -0.3 is 15.4 Å². The molecule has 7 heteroatoms. The van der Waals surface area contributed by atoms with Gasteiger partial charge in [-0.15, -0.1) is 11.3 Å². The molecule has 0 atom stereocenters. The molecule has 144 valence electrons. The second kappa shape index (κ2) is 9.19. The van der Waals surface area contributed by atoms with Crippen molar-refractivity contribution in [3.63, 3.8) is 0 Å². The van der Waals surface area contributed by atoms with Gasteiger partial charge in [-0.1, -0.05) is 48.0 Å². The Morgan fingerprint density at radius 2 is 1.89 bits per heavy atom. The van der Waals surface area contributed by atoms with Crippen LogP contribution in [0.15, 0.2) is 54.6 Å². The van der Waals surface area contributed by atoms with E-state index in [9.17, 15) is 4.79 Å². The molecule has 0 aliphatic rings. The van der Waals surface area contributed by atoms with Crippen molar-refractivity contribution in [2.24, 2.45) is 0 Å². The molecule has 0 fully saturated rings. The van der Waals surface area contributed by atoms with Gasteiger partial charge in [-0.05, 0) is 49.8 Å². The normalized spacial score (nSPS) is 10.4. The van der Waals surface area contributed by atoms with E-state index in [2.05, 4.69) is 10.6 Å². The van der Waals surface area contributed by atoms with Crippen LogP contribution in [0.2, 0.25) is 5.02 Å². The maximum atomic E-state index is 12.7. The Kier molecular flexibility index (Phi) is 6.67. The molecule has 0 radical (unpaired) electrons. The fraction of sp³-hybridized carbons (Fsp3) is 0.143. The Labute approximate surface area is 178 Å². The van der Waals surface area contributed by atoms with Crippen LogP contribution in [0.4, 0.5) is 10.7 Å². The number of ether oxygens (including phenoxy) is 1. The molecule has 0 unspecified atom stereocenters. The molecular weight excluding hydrogens is 412 g/mol. The molecule has 1 heterocycles. The van der Waals surface area contributed by atoms with E-state index in [0.29, 0.717) is 27.3 Å². The van der Waals surface area contributed by atoms with Gasteiger partial charge in [0.1, 0.15) is 10.6 Å². The van der Waals surface area contributed by atoms with Crippen LogP contribution in [0.1, 0.15) is 22.2 Å². The highest BCUT2D eigenvalue weighted by Gasteiger charge is 2.24. The van der Waals surface area contributed by atoms with Gasteiger partial charge in [0.15, 0.2) is 5.11 Å². The number of thiophene rings is 1. The highest BCUT2D eigenvalue weighted by molar-refractivity contribution is 7.80. The van der Waals surface area contributed by atoms with Crippen LogP contribution in [0.5, 0.6) is 0 Å². The SMILES string of the molecule is CCOC(=O)c1c(NC(=S)Nc2cccc(Cl)c2)sc(C)c1-c1ccccc1. The number of thiocarbonyl (C=S) groups is 1. The molecular formula is C21H19ClN2O2S2. The average molecular weight is 431 g/mol. The topological polar surface area (TPSA) is 50.4 Å². The standard InChI is InChI=1S/C21H19ClN2O2S2/c1-3-26-20(25)18-17(14-8-5-4-6-9-14)13(2)28-19(18)24-21(27)23-16-11-7-10-15(22)12-16/h4-12H,3H2,1-2H3,(H2,23,24,27). The van der Waals surface area contributed by atoms with Gasteiger partial charge >= 0.3 is 5.97 Å². The van der Waals surface area contributed by atoms with Crippen LogP contribution in [0, 0.1) is 6.92 Å². The Hall–Kier alpha value is -2.41. The Balaban J connectivity index is 1.94. The van der Waals surface area contributed by atoms with E-state index in [1.165, 1.54) is 11.3 Å². The molecule has 1 aromatic heterocycles. The number of rotatable bonds is 5. The zero-order valence-electron chi connectivity index (χ0n) is 15.4. The second-order valence-corrected chi connectivity index (χ2v) is 7.98. The number of nitrogens with one attached hydrogen (secondary N) is 2. The molecule has 0 spiro atoms. The van der Waals surface area contributed by atoms with Crippen LogP contribution in [-0.2, 0) is 4.74 Å². The molecule has 2 N–H and O–H groups in total. The minimum Gasteiger partial charge on any atom is -0.462 e. The summed E-state index contributed by atoms with van der Waals surface area (Å²) in [7, 11) is 0. The lowest BCUT2D eigenvalue weighted by atomic mass is 10.0. The first-order valence-electron chi connectivity index (χ1n) is 8.69. The lowest BCUT2D eigenvalue weighted by Gasteiger charge is -2.12. The monoisotopic (exact) mass is 430 g/mol. The first-order chi connectivity index (χ1) is 13.5. The molecule has 0 bridgehead atoms. The van der Waals surface area contributed by atoms with Crippen LogP contribution in [0.25, 0.3) is 11.1 Å². The lowest BCUT2D eigenvalue weighted by molar-refractivity contribution is 0.0529. The van der Waals surface area contributed by atoms with Crippen molar-refractivity contribution in [2.45, 2.75) is 13.8 Å². The van der Waals surface area contributed by atoms with Crippen molar-refractivity contribution >= 4 is 56.9 Å². The van der Waals surface area contributed by atoms with E-state index in [1.54, 1.807) is 19.1 Å². The summed E-state index contributed by atoms with van der Waals surface area (Å²) in [5, 5.41) is 7.86. The number of hydrogen-bond donors (Lipinski definition) is 2. The van der Waals surface area contributed by atoms with Crippen molar-refractivity contribution in [1.82, 2.24) is 0 Å². The maximum absolute atomic E-state index is 12.7. The van der Waals surface area contributed by atoms with Crippen LogP contribution in [-0.4, -0.2) is 17.7 Å². The summed E-state index contributed by atoms with van der Waals surface area (Å²) in [4.78, 5) is 13.7. The first-order valence-corrected chi connectivity index (χ1v) is 10.3. The third-order valence-corrected chi connectivity index (χ3v) is 5.40. The Bertz CT molecular complexity index is 1000. The van der Waals surface area contributed by atoms with Crippen LogP contribution >= 0.6 is 35.2 Å². The highest BCUT2D eigenvalue weighted by Crippen LogP contribution is 2.40. The zero-order chi connectivity index (χ0) is 20.1. The van der Waals surface area contributed by atoms with Gasteiger partial charge in [0.05, 0.1) is 6.61 Å². The van der Waals surface area contributed by atoms with E-state index in [4.69, 9.17) is 28.6 Å². The third-order valence-electron chi connectivity index (χ3n) is 3.94. The summed E-state index contributed by atoms with van der Waals surface area (Å²) in [6.07, 6.45) is 0. The number of carbonyl (C=O) groups is 1. The summed E-state index contributed by atoms with van der Waals surface area (Å²) in [5.41, 5.74) is 3.07. The van der Waals surface area contributed by atoms with E-state index in [1.807, 2.05) is 49.4 Å². The summed E-state index contributed by atoms with van der Waals surface area (Å²) in [6, 6.07) is 17.0. The zero-order valence-corrected chi connectivity index (χ0v) is 17.8. The average Bonchev–Trinajstić information content (AvgIpc) is 2.98. The third kappa shape index (κ3) is 4.70. The molecule has 2 aromatic carbocycles. The van der Waals surface area contributed by atoms with Crippen LogP contribution in [0.3, 0.4) is 0 Å². The maximum Gasteiger partial charge on any atom is 0.341 e.